The molecule has 0 spiro atoms. The van der Waals surface area contributed by atoms with Gasteiger partial charge in [-0.1, -0.05) is 36.2 Å². The molecule has 0 aromatic heterocycles. The fourth-order valence-electron chi connectivity index (χ4n) is 3.13. The smallest absolute Gasteiger partial charge is 0.243 e. The van der Waals surface area contributed by atoms with Crippen molar-refractivity contribution in [3.05, 3.63) is 58.6 Å². The Morgan fingerprint density at radius 3 is 2.37 bits per heavy atom. The minimum atomic E-state index is -3.45. The van der Waals surface area contributed by atoms with Crippen molar-refractivity contribution >= 4 is 33.2 Å². The molecule has 0 saturated carbocycles. The molecule has 2 aromatic carbocycles. The number of rotatable bonds is 5. The maximum atomic E-state index is 12.7. The van der Waals surface area contributed by atoms with Crippen LogP contribution in [0.15, 0.2) is 47.4 Å². The van der Waals surface area contributed by atoms with Gasteiger partial charge in [0.15, 0.2) is 0 Å². The van der Waals surface area contributed by atoms with Crippen molar-refractivity contribution in [3.8, 4) is 0 Å². The second kappa shape index (κ2) is 8.42. The molecule has 144 valence electrons. The lowest BCUT2D eigenvalue weighted by molar-refractivity contribution is -0.115. The van der Waals surface area contributed by atoms with E-state index < -0.39 is 10.0 Å². The number of amides is 1. The van der Waals surface area contributed by atoms with Gasteiger partial charge < -0.3 is 5.32 Å². The molecule has 1 N–H and O–H groups in total. The van der Waals surface area contributed by atoms with Crippen molar-refractivity contribution in [3.63, 3.8) is 0 Å². The number of hydrogen-bond donors (Lipinski definition) is 1. The molecule has 1 amide bonds. The number of benzene rings is 2. The molecule has 3 rings (SSSR count). The van der Waals surface area contributed by atoms with Gasteiger partial charge in [0.25, 0.3) is 0 Å². The predicted molar refractivity (Wildman–Crippen MR) is 108 cm³/mol. The zero-order chi connectivity index (χ0) is 19.4. The zero-order valence-electron chi connectivity index (χ0n) is 15.2. The molecule has 1 aliphatic rings. The summed E-state index contributed by atoms with van der Waals surface area (Å²) in [6, 6.07) is 12.0. The number of sulfonamides is 1. The van der Waals surface area contributed by atoms with Gasteiger partial charge in [-0.2, -0.15) is 4.31 Å². The van der Waals surface area contributed by atoms with Gasteiger partial charge >= 0.3 is 0 Å². The molecular weight excluding hydrogens is 384 g/mol. The number of hydrogen-bond acceptors (Lipinski definition) is 3. The van der Waals surface area contributed by atoms with Crippen LogP contribution in [0.1, 0.15) is 30.4 Å². The minimum absolute atomic E-state index is 0.147. The quantitative estimate of drug-likeness (QED) is 0.815. The van der Waals surface area contributed by atoms with Crippen LogP contribution in [0.2, 0.25) is 5.02 Å². The highest BCUT2D eigenvalue weighted by Crippen LogP contribution is 2.23. The molecule has 0 bridgehead atoms. The van der Waals surface area contributed by atoms with Crippen LogP contribution in [-0.2, 0) is 21.2 Å². The summed E-state index contributed by atoms with van der Waals surface area (Å²) in [5, 5.41) is 3.28. The van der Waals surface area contributed by atoms with Crippen molar-refractivity contribution in [2.75, 3.05) is 18.4 Å². The van der Waals surface area contributed by atoms with Gasteiger partial charge in [-0.15, -0.1) is 0 Å². The fraction of sp³-hybridized carbons (Fsp3) is 0.350. The van der Waals surface area contributed by atoms with E-state index in [1.54, 1.807) is 36.4 Å². The van der Waals surface area contributed by atoms with Crippen LogP contribution in [0.4, 0.5) is 5.69 Å². The predicted octanol–water partition coefficient (Wildman–Crippen LogP) is 4.00. The van der Waals surface area contributed by atoms with Crippen molar-refractivity contribution in [1.82, 2.24) is 4.31 Å². The summed E-state index contributed by atoms with van der Waals surface area (Å²) < 4.78 is 26.9. The second-order valence-corrected chi connectivity index (χ2v) is 9.16. The van der Waals surface area contributed by atoms with E-state index in [0.29, 0.717) is 23.8 Å². The fourth-order valence-corrected chi connectivity index (χ4v) is 4.93. The van der Waals surface area contributed by atoms with Gasteiger partial charge in [0, 0.05) is 13.1 Å². The van der Waals surface area contributed by atoms with Crippen LogP contribution >= 0.6 is 11.6 Å². The van der Waals surface area contributed by atoms with Crippen molar-refractivity contribution in [1.29, 1.82) is 0 Å². The molecule has 0 atom stereocenters. The highest BCUT2D eigenvalue weighted by atomic mass is 35.5. The molecule has 1 fully saturated rings. The number of anilines is 1. The van der Waals surface area contributed by atoms with Gasteiger partial charge in [0.2, 0.25) is 15.9 Å². The second-order valence-electron chi connectivity index (χ2n) is 6.82. The lowest BCUT2D eigenvalue weighted by Gasteiger charge is -2.25. The minimum Gasteiger partial charge on any atom is -0.324 e. The summed E-state index contributed by atoms with van der Waals surface area (Å²) in [5.41, 5.74) is 2.33. The summed E-state index contributed by atoms with van der Waals surface area (Å²) in [5.74, 6) is -0.201. The Bertz CT molecular complexity index is 921. The highest BCUT2D eigenvalue weighted by Gasteiger charge is 2.25. The van der Waals surface area contributed by atoms with Crippen LogP contribution in [-0.4, -0.2) is 31.7 Å². The average Bonchev–Trinajstić information content (AvgIpc) is 2.65. The lowest BCUT2D eigenvalue weighted by Crippen LogP contribution is -2.35. The van der Waals surface area contributed by atoms with E-state index in [1.165, 1.54) is 4.31 Å². The number of piperidine rings is 1. The Balaban J connectivity index is 1.65. The number of carbonyl (C=O) groups excluding carboxylic acids is 1. The third-order valence-corrected chi connectivity index (χ3v) is 6.87. The first kappa shape index (κ1) is 19.9. The summed E-state index contributed by atoms with van der Waals surface area (Å²) in [7, 11) is -3.45. The topological polar surface area (TPSA) is 66.5 Å². The van der Waals surface area contributed by atoms with Gasteiger partial charge in [0.1, 0.15) is 0 Å². The molecule has 7 heteroatoms. The molecule has 0 unspecified atom stereocenters. The molecule has 2 aromatic rings. The Hall–Kier alpha value is -1.89. The normalized spacial score (nSPS) is 15.5. The highest BCUT2D eigenvalue weighted by molar-refractivity contribution is 7.89. The number of halogens is 1. The molecule has 0 radical (unpaired) electrons. The third-order valence-electron chi connectivity index (χ3n) is 4.64. The van der Waals surface area contributed by atoms with Crippen molar-refractivity contribution in [2.45, 2.75) is 37.5 Å². The molecule has 0 aliphatic carbocycles. The first-order valence-electron chi connectivity index (χ1n) is 9.01. The molecule has 1 aliphatic heterocycles. The van der Waals surface area contributed by atoms with Gasteiger partial charge in [-0.3, -0.25) is 4.79 Å². The van der Waals surface area contributed by atoms with Crippen molar-refractivity contribution < 1.29 is 13.2 Å². The Kier molecular flexibility index (Phi) is 6.19. The lowest BCUT2D eigenvalue weighted by atomic mass is 10.1. The van der Waals surface area contributed by atoms with E-state index in [4.69, 9.17) is 11.6 Å². The maximum absolute atomic E-state index is 12.7. The zero-order valence-corrected chi connectivity index (χ0v) is 16.8. The average molecular weight is 407 g/mol. The summed E-state index contributed by atoms with van der Waals surface area (Å²) in [6.45, 7) is 3.07. The standard InChI is InChI=1S/C20H23ClN2O3S/c1-15-5-10-19(18(21)13-15)22-20(24)14-16-6-8-17(9-7-16)27(25,26)23-11-3-2-4-12-23/h5-10,13H,2-4,11-12,14H2,1H3,(H,22,24). The van der Waals surface area contributed by atoms with Crippen LogP contribution in [0, 0.1) is 6.92 Å². The van der Waals surface area contributed by atoms with Crippen LogP contribution in [0.25, 0.3) is 0 Å². The summed E-state index contributed by atoms with van der Waals surface area (Å²) >= 11 is 6.14. The first-order chi connectivity index (χ1) is 12.9. The van der Waals surface area contributed by atoms with E-state index in [1.807, 2.05) is 13.0 Å². The number of nitrogens with zero attached hydrogens (tertiary/aromatic N) is 1. The van der Waals surface area contributed by atoms with Gasteiger partial charge in [0.05, 0.1) is 22.0 Å². The summed E-state index contributed by atoms with van der Waals surface area (Å²) in [4.78, 5) is 12.5. The van der Waals surface area contributed by atoms with E-state index in [2.05, 4.69) is 5.32 Å². The van der Waals surface area contributed by atoms with Crippen LogP contribution < -0.4 is 5.32 Å². The monoisotopic (exact) mass is 406 g/mol. The molecular formula is C20H23ClN2O3S. The summed E-state index contributed by atoms with van der Waals surface area (Å²) in [6.07, 6.45) is 3.03. The Morgan fingerprint density at radius 2 is 1.74 bits per heavy atom. The largest absolute Gasteiger partial charge is 0.324 e. The van der Waals surface area contributed by atoms with E-state index >= 15 is 0 Å². The van der Waals surface area contributed by atoms with Crippen molar-refractivity contribution in [2.24, 2.45) is 0 Å². The van der Waals surface area contributed by atoms with Crippen LogP contribution in [0.3, 0.4) is 0 Å². The molecule has 27 heavy (non-hydrogen) atoms. The van der Waals surface area contributed by atoms with E-state index in [-0.39, 0.29) is 17.2 Å². The maximum Gasteiger partial charge on any atom is 0.243 e. The first-order valence-corrected chi connectivity index (χ1v) is 10.8. The van der Waals surface area contributed by atoms with Gasteiger partial charge in [-0.25, -0.2) is 8.42 Å². The SMILES string of the molecule is Cc1ccc(NC(=O)Cc2ccc(S(=O)(=O)N3CCCCC3)cc2)c(Cl)c1. The number of aryl methyl sites for hydroxylation is 1. The van der Waals surface area contributed by atoms with E-state index in [9.17, 15) is 13.2 Å². The Morgan fingerprint density at radius 1 is 1.07 bits per heavy atom. The number of nitrogens with one attached hydrogen (secondary N) is 1. The molecule has 5 nitrogen and oxygen atoms in total. The van der Waals surface area contributed by atoms with Gasteiger partial charge in [-0.05, 0) is 55.2 Å². The third kappa shape index (κ3) is 4.89. The van der Waals surface area contributed by atoms with Crippen LogP contribution in [0.5, 0.6) is 0 Å². The van der Waals surface area contributed by atoms with E-state index in [0.717, 1.165) is 30.4 Å². The Labute approximate surface area is 165 Å². The number of carbonyl (C=O) groups is 1. The molecule has 1 heterocycles. The molecule has 1 saturated heterocycles.